The maximum atomic E-state index is 12.5. The van der Waals surface area contributed by atoms with Crippen LogP contribution in [-0.4, -0.2) is 30.2 Å². The number of rotatable bonds is 4. The maximum absolute atomic E-state index is 12.5. The molecule has 0 aromatic heterocycles. The summed E-state index contributed by atoms with van der Waals surface area (Å²) in [4.78, 5) is 21.4. The van der Waals surface area contributed by atoms with Gasteiger partial charge in [-0.2, -0.15) is 13.2 Å². The van der Waals surface area contributed by atoms with E-state index >= 15 is 0 Å². The van der Waals surface area contributed by atoms with E-state index in [4.69, 9.17) is 5.11 Å². The fraction of sp³-hybridized carbons (Fsp3) is 0.286. The summed E-state index contributed by atoms with van der Waals surface area (Å²) in [6.07, 6.45) is -4.64. The molecule has 22 heavy (non-hydrogen) atoms. The summed E-state index contributed by atoms with van der Waals surface area (Å²) in [6, 6.07) is 3.94. The highest BCUT2D eigenvalue weighted by Gasteiger charge is 2.30. The molecule has 5 nitrogen and oxygen atoms in total. The number of alkyl halides is 3. The van der Waals surface area contributed by atoms with Gasteiger partial charge in [-0.3, -0.25) is 4.79 Å². The van der Waals surface area contributed by atoms with E-state index < -0.39 is 23.7 Å². The number of carbonyl (C=O) groups is 2. The maximum Gasteiger partial charge on any atom is 0.416 e. The number of hydrogen-bond acceptors (Lipinski definition) is 2. The van der Waals surface area contributed by atoms with E-state index in [9.17, 15) is 22.8 Å². The van der Waals surface area contributed by atoms with Gasteiger partial charge in [0.1, 0.15) is 0 Å². The van der Waals surface area contributed by atoms with Crippen molar-refractivity contribution in [1.82, 2.24) is 10.6 Å². The Morgan fingerprint density at radius 3 is 2.59 bits per heavy atom. The van der Waals surface area contributed by atoms with Crippen LogP contribution in [0.5, 0.6) is 0 Å². The van der Waals surface area contributed by atoms with Crippen LogP contribution in [0.25, 0.3) is 0 Å². The lowest BCUT2D eigenvalue weighted by Crippen LogP contribution is -2.36. The fourth-order valence-corrected chi connectivity index (χ4v) is 1.39. The van der Waals surface area contributed by atoms with Crippen LogP contribution in [0.1, 0.15) is 17.5 Å². The first-order valence-electron chi connectivity index (χ1n) is 6.18. The number of carboxylic acid groups (broad SMARTS) is 1. The number of halogens is 3. The summed E-state index contributed by atoms with van der Waals surface area (Å²) in [6.45, 7) is -0.0998. The second kappa shape index (κ2) is 7.93. The molecule has 0 aliphatic rings. The summed E-state index contributed by atoms with van der Waals surface area (Å²) in [5.41, 5.74) is -0.610. The normalized spacial score (nSPS) is 10.3. The van der Waals surface area contributed by atoms with E-state index in [1.807, 2.05) is 0 Å². The van der Waals surface area contributed by atoms with E-state index in [1.54, 1.807) is 0 Å². The van der Waals surface area contributed by atoms with Gasteiger partial charge in [0.2, 0.25) is 0 Å². The third kappa shape index (κ3) is 6.65. The number of aliphatic carboxylic acids is 1. The molecule has 2 amide bonds. The van der Waals surface area contributed by atoms with E-state index in [1.165, 1.54) is 12.1 Å². The van der Waals surface area contributed by atoms with Gasteiger partial charge in [-0.25, -0.2) is 4.79 Å². The zero-order chi connectivity index (χ0) is 16.6. The molecule has 0 saturated heterocycles. The number of urea groups is 1. The zero-order valence-corrected chi connectivity index (χ0v) is 11.3. The highest BCUT2D eigenvalue weighted by molar-refractivity contribution is 5.75. The predicted octanol–water partition coefficient (Wildman–Crippen LogP) is 1.83. The molecule has 1 aromatic carbocycles. The molecule has 8 heteroatoms. The standard InChI is InChI=1S/C14H13F3N2O3/c15-14(16,17)11-5-1-3-10(9-11)4-2-7-18-13(22)19-8-6-12(20)21/h1,3,5,9H,6-8H2,(H,20,21)(H2,18,19,22). The number of carbonyl (C=O) groups excluding carboxylic acids is 1. The first kappa shape index (κ1) is 17.4. The van der Waals surface area contributed by atoms with Crippen LogP contribution in [0.2, 0.25) is 0 Å². The average Bonchev–Trinajstić information content (AvgIpc) is 2.42. The summed E-state index contributed by atoms with van der Waals surface area (Å²) in [5, 5.41) is 13.0. The molecule has 0 bridgehead atoms. The van der Waals surface area contributed by atoms with Gasteiger partial charge >= 0.3 is 18.2 Å². The van der Waals surface area contributed by atoms with E-state index in [0.29, 0.717) is 0 Å². The molecule has 0 radical (unpaired) electrons. The summed E-state index contributed by atoms with van der Waals surface area (Å²) in [7, 11) is 0. The Balaban J connectivity index is 2.45. The number of benzene rings is 1. The molecule has 0 fully saturated rings. The lowest BCUT2D eigenvalue weighted by Gasteiger charge is -2.05. The number of carboxylic acids is 1. The molecule has 3 N–H and O–H groups in total. The summed E-state index contributed by atoms with van der Waals surface area (Å²) >= 11 is 0. The predicted molar refractivity (Wildman–Crippen MR) is 72.0 cm³/mol. The van der Waals surface area contributed by atoms with Gasteiger partial charge in [0.15, 0.2) is 0 Å². The molecule has 0 heterocycles. The molecule has 118 valence electrons. The topological polar surface area (TPSA) is 78.4 Å². The van der Waals surface area contributed by atoms with Crippen LogP contribution in [0, 0.1) is 11.8 Å². The van der Waals surface area contributed by atoms with Crippen molar-refractivity contribution in [3.8, 4) is 11.8 Å². The highest BCUT2D eigenvalue weighted by Crippen LogP contribution is 2.29. The molecule has 1 aromatic rings. The van der Waals surface area contributed by atoms with Gasteiger partial charge < -0.3 is 15.7 Å². The third-order valence-electron chi connectivity index (χ3n) is 2.38. The minimum absolute atomic E-state index is 0.0256. The molecule has 0 aliphatic heterocycles. The summed E-state index contributed by atoms with van der Waals surface area (Å²) in [5.74, 6) is 3.97. The third-order valence-corrected chi connectivity index (χ3v) is 2.38. The van der Waals surface area contributed by atoms with Crippen molar-refractivity contribution in [1.29, 1.82) is 0 Å². The Hall–Kier alpha value is -2.69. The lowest BCUT2D eigenvalue weighted by atomic mass is 10.1. The van der Waals surface area contributed by atoms with E-state index in [2.05, 4.69) is 22.5 Å². The molecule has 0 spiro atoms. The van der Waals surface area contributed by atoms with Crippen molar-refractivity contribution in [2.75, 3.05) is 13.1 Å². The second-order valence-corrected chi connectivity index (χ2v) is 4.13. The van der Waals surface area contributed by atoms with Gasteiger partial charge in [-0.05, 0) is 18.2 Å². The van der Waals surface area contributed by atoms with Crippen LogP contribution in [-0.2, 0) is 11.0 Å². The molecular weight excluding hydrogens is 301 g/mol. The average molecular weight is 314 g/mol. The SMILES string of the molecule is O=C(O)CCNC(=O)NCC#Cc1cccc(C(F)(F)F)c1. The number of hydrogen-bond donors (Lipinski definition) is 3. The molecule has 1 rings (SSSR count). The van der Waals surface area contributed by atoms with Gasteiger partial charge in [-0.15, -0.1) is 0 Å². The first-order valence-corrected chi connectivity index (χ1v) is 6.18. The van der Waals surface area contributed by atoms with Crippen molar-refractivity contribution >= 4 is 12.0 Å². The zero-order valence-electron chi connectivity index (χ0n) is 11.3. The van der Waals surface area contributed by atoms with Gasteiger partial charge in [0, 0.05) is 12.1 Å². The van der Waals surface area contributed by atoms with Crippen LogP contribution in [0.4, 0.5) is 18.0 Å². The smallest absolute Gasteiger partial charge is 0.416 e. The quantitative estimate of drug-likeness (QED) is 0.742. The largest absolute Gasteiger partial charge is 0.481 e. The second-order valence-electron chi connectivity index (χ2n) is 4.13. The van der Waals surface area contributed by atoms with Crippen LogP contribution in [0.3, 0.4) is 0 Å². The van der Waals surface area contributed by atoms with E-state index in [0.717, 1.165) is 12.1 Å². The van der Waals surface area contributed by atoms with Gasteiger partial charge in [-0.1, -0.05) is 17.9 Å². The number of nitrogens with one attached hydrogen (secondary N) is 2. The minimum atomic E-state index is -4.43. The van der Waals surface area contributed by atoms with Crippen LogP contribution in [0.15, 0.2) is 24.3 Å². The molecular formula is C14H13F3N2O3. The van der Waals surface area contributed by atoms with Crippen molar-refractivity contribution in [2.24, 2.45) is 0 Å². The Kier molecular flexibility index (Phi) is 6.25. The number of amides is 2. The van der Waals surface area contributed by atoms with Crippen molar-refractivity contribution in [2.45, 2.75) is 12.6 Å². The van der Waals surface area contributed by atoms with Crippen molar-refractivity contribution < 1.29 is 27.9 Å². The lowest BCUT2D eigenvalue weighted by molar-refractivity contribution is -0.138. The molecule has 0 atom stereocenters. The Morgan fingerprint density at radius 1 is 1.23 bits per heavy atom. The Morgan fingerprint density at radius 2 is 1.95 bits per heavy atom. The first-order chi connectivity index (χ1) is 10.3. The van der Waals surface area contributed by atoms with Crippen LogP contribution < -0.4 is 10.6 Å². The van der Waals surface area contributed by atoms with Gasteiger partial charge in [0.25, 0.3) is 0 Å². The monoisotopic (exact) mass is 314 g/mol. The minimum Gasteiger partial charge on any atom is -0.481 e. The summed E-state index contributed by atoms with van der Waals surface area (Å²) < 4.78 is 37.4. The Bertz CT molecular complexity index is 603. The van der Waals surface area contributed by atoms with E-state index in [-0.39, 0.29) is 25.1 Å². The molecule has 0 aliphatic carbocycles. The Labute approximate surface area is 124 Å². The van der Waals surface area contributed by atoms with Crippen molar-refractivity contribution in [3.05, 3.63) is 35.4 Å². The fourth-order valence-electron chi connectivity index (χ4n) is 1.39. The van der Waals surface area contributed by atoms with Crippen LogP contribution >= 0.6 is 0 Å². The highest BCUT2D eigenvalue weighted by atomic mass is 19.4. The molecule has 0 saturated carbocycles. The molecule has 0 unspecified atom stereocenters. The van der Waals surface area contributed by atoms with Crippen molar-refractivity contribution in [3.63, 3.8) is 0 Å². The van der Waals surface area contributed by atoms with Gasteiger partial charge in [0.05, 0.1) is 18.5 Å².